The van der Waals surface area contributed by atoms with Crippen molar-refractivity contribution in [2.45, 2.75) is 12.5 Å². The van der Waals surface area contributed by atoms with E-state index in [2.05, 4.69) is 10.7 Å². The number of carbonyl (C=O) groups is 1. The van der Waals surface area contributed by atoms with Crippen LogP contribution in [0.25, 0.3) is 11.0 Å². The van der Waals surface area contributed by atoms with Gasteiger partial charge in [0.2, 0.25) is 0 Å². The number of aliphatic carboxylic acids is 1. The molecule has 1 atom stereocenters. The Labute approximate surface area is 114 Å². The van der Waals surface area contributed by atoms with E-state index in [0.29, 0.717) is 21.9 Å². The van der Waals surface area contributed by atoms with Gasteiger partial charge in [0.15, 0.2) is 0 Å². The molecule has 8 heteroatoms. The van der Waals surface area contributed by atoms with Crippen LogP contribution < -0.4 is 5.73 Å². The molecule has 19 heavy (non-hydrogen) atoms. The molecule has 2 rings (SSSR count). The minimum atomic E-state index is -1.13. The van der Waals surface area contributed by atoms with E-state index < -0.39 is 12.0 Å². The van der Waals surface area contributed by atoms with E-state index in [9.17, 15) is 9.36 Å². The minimum absolute atomic E-state index is 0.00412. The summed E-state index contributed by atoms with van der Waals surface area (Å²) >= 11 is 5.86. The first-order valence-corrected chi connectivity index (χ1v) is 6.45. The third-order valence-corrected chi connectivity index (χ3v) is 3.06. The van der Waals surface area contributed by atoms with Crippen LogP contribution in [0.5, 0.6) is 0 Å². The number of carboxylic acids is 1. The first-order valence-electron chi connectivity index (χ1n) is 5.26. The van der Waals surface area contributed by atoms with Crippen molar-refractivity contribution < 1.29 is 14.5 Å². The standard InChI is InChI=1S/C11H9ClN3O3P/c12-6-1-2-9-8(3-6)14-10(15(9)5-19-18)4-7(13)11(16)17/h1-3,7H,4,13H2,(H,16,17)/t7-/m1/s1. The molecule has 1 aromatic carbocycles. The fraction of sp³-hybridized carbons (Fsp3) is 0.182. The Morgan fingerprint density at radius 1 is 1.63 bits per heavy atom. The molecule has 1 heterocycles. The molecule has 3 N–H and O–H groups in total. The molecule has 0 amide bonds. The molecule has 0 aliphatic heterocycles. The second kappa shape index (κ2) is 5.59. The molecule has 0 aliphatic rings. The van der Waals surface area contributed by atoms with E-state index >= 15 is 0 Å². The van der Waals surface area contributed by atoms with Crippen molar-refractivity contribution >= 4 is 36.5 Å². The summed E-state index contributed by atoms with van der Waals surface area (Å²) in [4.78, 5) is 15.0. The summed E-state index contributed by atoms with van der Waals surface area (Å²) in [6.45, 7) is 0. The fourth-order valence-corrected chi connectivity index (χ4v) is 2.15. The Hall–Kier alpha value is -1.58. The van der Waals surface area contributed by atoms with Gasteiger partial charge in [0.05, 0.1) is 0 Å². The van der Waals surface area contributed by atoms with Crippen LogP contribution in [0.3, 0.4) is 0 Å². The SMILES string of the molecule is N[C@H](Cc1nc2cc(Cl)ccc2n1C#P=O)C(=O)O. The molecular weight excluding hydrogens is 289 g/mol. The Kier molecular flexibility index (Phi) is 4.08. The number of hydrogen-bond acceptors (Lipinski definition) is 4. The van der Waals surface area contributed by atoms with Gasteiger partial charge in [-0.3, -0.25) is 0 Å². The molecule has 2 aromatic rings. The van der Waals surface area contributed by atoms with Crippen LogP contribution in [0.4, 0.5) is 0 Å². The molecule has 0 fully saturated rings. The number of nitrogens with zero attached hydrogens (tertiary/aromatic N) is 2. The normalized spacial score (nSPS) is 12.1. The second-order valence-corrected chi connectivity index (χ2v) is 4.66. The predicted molar refractivity (Wildman–Crippen MR) is 71.0 cm³/mol. The number of nitrogens with two attached hydrogens (primary N) is 1. The summed E-state index contributed by atoms with van der Waals surface area (Å²) in [5.41, 5.74) is 6.68. The van der Waals surface area contributed by atoms with Gasteiger partial charge >= 0.3 is 114 Å². The van der Waals surface area contributed by atoms with Gasteiger partial charge in [0.25, 0.3) is 0 Å². The van der Waals surface area contributed by atoms with Gasteiger partial charge in [0, 0.05) is 0 Å². The second-order valence-electron chi connectivity index (χ2n) is 3.84. The van der Waals surface area contributed by atoms with E-state index in [1.807, 2.05) is 0 Å². The van der Waals surface area contributed by atoms with Gasteiger partial charge in [-0.25, -0.2) is 0 Å². The Bertz CT molecular complexity index is 753. The molecule has 0 saturated carbocycles. The van der Waals surface area contributed by atoms with Crippen molar-refractivity contribution in [2.75, 3.05) is 0 Å². The molecule has 1 aromatic heterocycles. The third-order valence-electron chi connectivity index (χ3n) is 2.55. The molecule has 98 valence electrons. The Morgan fingerprint density at radius 2 is 2.37 bits per heavy atom. The molecule has 6 nitrogen and oxygen atoms in total. The molecule has 0 spiro atoms. The maximum atomic E-state index is 10.8. The van der Waals surface area contributed by atoms with Crippen LogP contribution in [0, 0.1) is 5.75 Å². The zero-order chi connectivity index (χ0) is 14.0. The number of carboxylic acid groups (broad SMARTS) is 1. The van der Waals surface area contributed by atoms with Gasteiger partial charge in [0.1, 0.15) is 0 Å². The number of hydrogen-bond donors (Lipinski definition) is 2. The van der Waals surface area contributed by atoms with Gasteiger partial charge in [-0.15, -0.1) is 0 Å². The first-order chi connectivity index (χ1) is 9.02. The quantitative estimate of drug-likeness (QED) is 0.840. The predicted octanol–water partition coefficient (Wildman–Crippen LogP) is 1.70. The molecule has 0 saturated heterocycles. The van der Waals surface area contributed by atoms with Crippen LogP contribution in [-0.4, -0.2) is 26.7 Å². The Balaban J connectivity index is 2.58. The van der Waals surface area contributed by atoms with Gasteiger partial charge in [-0.2, -0.15) is 0 Å². The van der Waals surface area contributed by atoms with Crippen molar-refractivity contribution in [2.24, 2.45) is 5.73 Å². The van der Waals surface area contributed by atoms with Crippen molar-refractivity contribution in [1.82, 2.24) is 9.55 Å². The van der Waals surface area contributed by atoms with Crippen molar-refractivity contribution in [3.05, 3.63) is 29.0 Å². The molecule has 0 unspecified atom stereocenters. The molecule has 0 radical (unpaired) electrons. The fourth-order valence-electron chi connectivity index (χ4n) is 1.68. The molecule has 0 aliphatic carbocycles. The zero-order valence-electron chi connectivity index (χ0n) is 9.58. The monoisotopic (exact) mass is 297 g/mol. The van der Waals surface area contributed by atoms with E-state index in [4.69, 9.17) is 22.4 Å². The van der Waals surface area contributed by atoms with E-state index in [-0.39, 0.29) is 14.3 Å². The van der Waals surface area contributed by atoms with Crippen molar-refractivity contribution in [3.63, 3.8) is 0 Å². The van der Waals surface area contributed by atoms with Crippen LogP contribution >= 0.6 is 19.5 Å². The average Bonchev–Trinajstić information content (AvgIpc) is 2.67. The first kappa shape index (κ1) is 13.8. The summed E-state index contributed by atoms with van der Waals surface area (Å²) in [7, 11) is -0.334. The summed E-state index contributed by atoms with van der Waals surface area (Å²) in [5.74, 6) is 1.78. The summed E-state index contributed by atoms with van der Waals surface area (Å²) in [6, 6.07) is 3.90. The van der Waals surface area contributed by atoms with Crippen LogP contribution in [0.15, 0.2) is 18.2 Å². The van der Waals surface area contributed by atoms with Crippen molar-refractivity contribution in [3.8, 4) is 5.75 Å². The summed E-state index contributed by atoms with van der Waals surface area (Å²) < 4.78 is 12.2. The number of aromatic nitrogens is 2. The average molecular weight is 298 g/mol. The zero-order valence-corrected chi connectivity index (χ0v) is 11.2. The van der Waals surface area contributed by atoms with Crippen LogP contribution in [0.2, 0.25) is 5.02 Å². The van der Waals surface area contributed by atoms with Gasteiger partial charge in [-0.1, -0.05) is 0 Å². The topological polar surface area (TPSA) is 98.2 Å². The van der Waals surface area contributed by atoms with Crippen molar-refractivity contribution in [1.29, 1.82) is 0 Å². The van der Waals surface area contributed by atoms with Gasteiger partial charge < -0.3 is 0 Å². The van der Waals surface area contributed by atoms with E-state index in [1.165, 1.54) is 4.57 Å². The molecule has 0 bridgehead atoms. The maximum absolute atomic E-state index is 10.8. The third kappa shape index (κ3) is 2.88. The summed E-state index contributed by atoms with van der Waals surface area (Å²) in [5, 5.41) is 9.32. The van der Waals surface area contributed by atoms with Crippen LogP contribution in [0.1, 0.15) is 5.82 Å². The number of fused-ring (bicyclic) bond motifs is 1. The van der Waals surface area contributed by atoms with Gasteiger partial charge in [-0.05, 0) is 0 Å². The number of imidazole rings is 1. The number of benzene rings is 1. The Morgan fingerprint density at radius 3 is 3.00 bits per heavy atom. The molecular formula is C11H9ClN3O3P. The van der Waals surface area contributed by atoms with E-state index in [0.717, 1.165) is 0 Å². The summed E-state index contributed by atoms with van der Waals surface area (Å²) in [6.07, 6.45) is 0.00412. The number of halogens is 1. The van der Waals surface area contributed by atoms with Crippen LogP contribution in [-0.2, 0) is 15.8 Å². The van der Waals surface area contributed by atoms with E-state index in [1.54, 1.807) is 18.2 Å². The number of rotatable bonds is 3.